The zero-order valence-electron chi connectivity index (χ0n) is 6.41. The van der Waals surface area contributed by atoms with Crippen molar-refractivity contribution in [2.45, 2.75) is 6.92 Å². The molecule has 0 aliphatic heterocycles. The van der Waals surface area contributed by atoms with Gasteiger partial charge in [-0.25, -0.2) is 0 Å². The van der Waals surface area contributed by atoms with Gasteiger partial charge in [0.25, 0.3) is 0 Å². The Labute approximate surface area is 65.8 Å². The van der Waals surface area contributed by atoms with E-state index in [2.05, 4.69) is 6.29 Å². The predicted octanol–water partition coefficient (Wildman–Crippen LogP) is 1.96. The molecule has 0 saturated heterocycles. The third-order valence-electron chi connectivity index (χ3n) is 1.09. The summed E-state index contributed by atoms with van der Waals surface area (Å²) in [6, 6.07) is 3.70. The lowest BCUT2D eigenvalue weighted by atomic mass is 10.4. The van der Waals surface area contributed by atoms with E-state index >= 15 is 0 Å². The first-order valence-electron chi connectivity index (χ1n) is 3.51. The third kappa shape index (κ3) is 2.85. The van der Waals surface area contributed by atoms with Gasteiger partial charge < -0.3 is 8.84 Å². The number of furan rings is 1. The summed E-state index contributed by atoms with van der Waals surface area (Å²) in [5.41, 5.74) is 0. The van der Waals surface area contributed by atoms with Crippen molar-refractivity contribution in [2.75, 3.05) is 6.61 Å². The first-order valence-corrected chi connectivity index (χ1v) is 3.51. The van der Waals surface area contributed by atoms with Crippen molar-refractivity contribution in [2.24, 2.45) is 0 Å². The van der Waals surface area contributed by atoms with Gasteiger partial charge in [-0.1, -0.05) is 0 Å². The fraction of sp³-hybridized carbons (Fsp3) is 0.222. The molecule has 0 aliphatic rings. The molecule has 0 saturated carbocycles. The largest absolute Gasteiger partial charge is 0.484 e. The maximum Gasteiger partial charge on any atom is 0.236 e. The van der Waals surface area contributed by atoms with E-state index in [0.717, 1.165) is 5.76 Å². The fourth-order valence-corrected chi connectivity index (χ4v) is 0.634. The Kier molecular flexibility index (Phi) is 3.19. The minimum atomic E-state index is 0.641. The lowest BCUT2D eigenvalue weighted by Crippen LogP contribution is -1.75. The van der Waals surface area contributed by atoms with Crippen molar-refractivity contribution in [3.63, 3.8) is 0 Å². The molecule has 0 amide bonds. The predicted molar refractivity (Wildman–Crippen MR) is 44.0 cm³/mol. The van der Waals surface area contributed by atoms with Gasteiger partial charge in [0.05, 0.1) is 6.26 Å². The van der Waals surface area contributed by atoms with Gasteiger partial charge >= 0.3 is 0 Å². The van der Waals surface area contributed by atoms with Gasteiger partial charge in [0, 0.05) is 12.7 Å². The standard InChI is InChI=1S/C9H10O2/c1-2-10-7-3-5-9-6-4-8-11-9/h3-6,8H,2H2,1H3/b5-3+. The second kappa shape index (κ2) is 4.50. The van der Waals surface area contributed by atoms with Crippen LogP contribution in [0.15, 0.2) is 28.9 Å². The molecule has 0 spiro atoms. The van der Waals surface area contributed by atoms with Crippen LogP contribution < -0.4 is 0 Å². The lowest BCUT2D eigenvalue weighted by Gasteiger charge is -1.84. The topological polar surface area (TPSA) is 24.4 Å². The highest BCUT2D eigenvalue weighted by Gasteiger charge is 1.78. The molecule has 0 atom stereocenters. The highest BCUT2D eigenvalue weighted by molar-refractivity contribution is 5.73. The number of hydrogen-bond acceptors (Lipinski definition) is 1. The van der Waals surface area contributed by atoms with Gasteiger partial charge in [0.1, 0.15) is 0 Å². The summed E-state index contributed by atoms with van der Waals surface area (Å²) < 4.78 is 9.88. The van der Waals surface area contributed by atoms with Crippen LogP contribution in [0, 0.1) is 0 Å². The summed E-state index contributed by atoms with van der Waals surface area (Å²) in [6.07, 6.45) is 7.73. The van der Waals surface area contributed by atoms with Gasteiger partial charge in [0.2, 0.25) is 12.9 Å². The Balaban J connectivity index is 2.43. The monoisotopic (exact) mass is 150 g/mol. The van der Waals surface area contributed by atoms with E-state index in [9.17, 15) is 0 Å². The molecule has 0 fully saturated rings. The molecule has 0 bridgehead atoms. The van der Waals surface area contributed by atoms with Crippen molar-refractivity contribution in [3.05, 3.63) is 30.2 Å². The first kappa shape index (κ1) is 7.79. The molecular formula is C9H10O2. The van der Waals surface area contributed by atoms with Crippen LogP contribution in [0.1, 0.15) is 12.7 Å². The molecule has 0 N–H and O–H groups in total. The summed E-state index contributed by atoms with van der Waals surface area (Å²) in [4.78, 5) is 0. The molecule has 1 heterocycles. The highest BCUT2D eigenvalue weighted by Crippen LogP contribution is 2.00. The van der Waals surface area contributed by atoms with E-state index in [4.69, 9.17) is 8.84 Å². The fourth-order valence-electron chi connectivity index (χ4n) is 0.634. The van der Waals surface area contributed by atoms with Gasteiger partial charge in [-0.15, -0.1) is 6.08 Å². The Morgan fingerprint density at radius 2 is 2.64 bits per heavy atom. The second-order valence-corrected chi connectivity index (χ2v) is 1.90. The van der Waals surface area contributed by atoms with Crippen molar-refractivity contribution in [3.8, 4) is 0 Å². The SMILES string of the molecule is CC[O+]=[C-]/C=C/c1ccco1. The van der Waals surface area contributed by atoms with Crippen molar-refractivity contribution in [1.29, 1.82) is 0 Å². The Hall–Kier alpha value is -1.31. The summed E-state index contributed by atoms with van der Waals surface area (Å²) in [5.74, 6) is 0.803. The zero-order valence-corrected chi connectivity index (χ0v) is 6.41. The quantitative estimate of drug-likeness (QED) is 0.367. The number of carbonyl (C=O) groups excluding carboxylic acids is 1. The zero-order chi connectivity index (χ0) is 7.94. The van der Waals surface area contributed by atoms with Crippen LogP contribution in [0.2, 0.25) is 0 Å². The molecule has 11 heavy (non-hydrogen) atoms. The van der Waals surface area contributed by atoms with E-state index in [0.29, 0.717) is 6.61 Å². The van der Waals surface area contributed by atoms with E-state index in [-0.39, 0.29) is 0 Å². The summed E-state index contributed by atoms with van der Waals surface area (Å²) in [7, 11) is 0. The molecule has 0 unspecified atom stereocenters. The van der Waals surface area contributed by atoms with Gasteiger partial charge in [-0.05, 0) is 12.1 Å². The van der Waals surface area contributed by atoms with Crippen LogP contribution >= 0.6 is 0 Å². The first-order chi connectivity index (χ1) is 5.43. The number of rotatable bonds is 3. The third-order valence-corrected chi connectivity index (χ3v) is 1.09. The maximum absolute atomic E-state index is 5.03. The Morgan fingerprint density at radius 3 is 3.27 bits per heavy atom. The Bertz CT molecular complexity index is 232. The van der Waals surface area contributed by atoms with Crippen LogP contribution in [-0.2, 0) is 4.42 Å². The van der Waals surface area contributed by atoms with Crippen LogP contribution in [-0.4, -0.2) is 12.9 Å². The smallest absolute Gasteiger partial charge is 0.236 e. The molecule has 0 radical (unpaired) electrons. The van der Waals surface area contributed by atoms with Crippen LogP contribution in [0.5, 0.6) is 0 Å². The van der Waals surface area contributed by atoms with E-state index < -0.39 is 0 Å². The molecule has 2 heteroatoms. The van der Waals surface area contributed by atoms with Crippen molar-refractivity contribution >= 4 is 12.4 Å². The molecule has 58 valence electrons. The molecule has 2 nitrogen and oxygen atoms in total. The number of allylic oxidation sites excluding steroid dienone is 1. The van der Waals surface area contributed by atoms with Gasteiger partial charge in [0.15, 0.2) is 0 Å². The van der Waals surface area contributed by atoms with E-state index in [1.165, 1.54) is 0 Å². The Morgan fingerprint density at radius 1 is 1.73 bits per heavy atom. The average Bonchev–Trinajstić information content (AvgIpc) is 2.50. The molecular weight excluding hydrogens is 140 g/mol. The van der Waals surface area contributed by atoms with Crippen LogP contribution in [0.3, 0.4) is 0 Å². The summed E-state index contributed by atoms with van der Waals surface area (Å²) >= 11 is 0. The molecule has 0 aromatic carbocycles. The molecule has 1 aromatic heterocycles. The number of hydrogen-bond donors (Lipinski definition) is 0. The normalized spacial score (nSPS) is 11.7. The van der Waals surface area contributed by atoms with Crippen molar-refractivity contribution in [1.82, 2.24) is 0 Å². The summed E-state index contributed by atoms with van der Waals surface area (Å²) in [5, 5.41) is 0. The minimum Gasteiger partial charge on any atom is -0.484 e. The highest BCUT2D eigenvalue weighted by atomic mass is 16.4. The minimum absolute atomic E-state index is 0.641. The molecule has 1 rings (SSSR count). The van der Waals surface area contributed by atoms with E-state index in [1.54, 1.807) is 18.4 Å². The van der Waals surface area contributed by atoms with Crippen LogP contribution in [0.4, 0.5) is 0 Å². The molecule has 0 aliphatic carbocycles. The second-order valence-electron chi connectivity index (χ2n) is 1.90. The van der Waals surface area contributed by atoms with Gasteiger partial charge in [-0.2, -0.15) is 6.08 Å². The van der Waals surface area contributed by atoms with E-state index in [1.807, 2.05) is 19.1 Å². The summed E-state index contributed by atoms with van der Waals surface area (Å²) in [6.45, 7) is 2.55. The van der Waals surface area contributed by atoms with Gasteiger partial charge in [-0.3, -0.25) is 0 Å². The van der Waals surface area contributed by atoms with Crippen molar-refractivity contribution < 1.29 is 8.84 Å². The van der Waals surface area contributed by atoms with Crippen LogP contribution in [0.25, 0.3) is 6.08 Å². The average molecular weight is 150 g/mol. The lowest BCUT2D eigenvalue weighted by molar-refractivity contribution is 0.125. The maximum atomic E-state index is 5.03. The molecule has 1 aromatic rings.